The fraction of sp³-hybridized carbons (Fsp3) is 0.200. The summed E-state index contributed by atoms with van der Waals surface area (Å²) >= 11 is 1.43. The Balaban J connectivity index is 0.00000304. The maximum atomic E-state index is 13.2. The first-order valence-corrected chi connectivity index (χ1v) is 12.0. The zero-order valence-electron chi connectivity index (χ0n) is 19.1. The van der Waals surface area contributed by atoms with Crippen molar-refractivity contribution in [3.63, 3.8) is 0 Å². The van der Waals surface area contributed by atoms with Gasteiger partial charge in [-0.25, -0.2) is 0 Å². The average molecular weight is 526 g/mol. The Morgan fingerprint density at radius 2 is 2.00 bits per heavy atom. The maximum Gasteiger partial charge on any atom is 0.305 e. The van der Waals surface area contributed by atoms with Gasteiger partial charge in [0.25, 0.3) is 11.8 Å². The SMILES string of the molecule is Cl.O=C(O)CC(c1cccs1)N1Cc2ccc(NC(=O)c3cccc(NC4=NCCN4)c3)cc2C1=O. The third-order valence-corrected chi connectivity index (χ3v) is 6.85. The van der Waals surface area contributed by atoms with Gasteiger partial charge in [-0.05, 0) is 47.3 Å². The number of halogens is 1. The number of aliphatic imine (C=N–C) groups is 1. The molecule has 0 spiro atoms. The normalized spacial score (nSPS) is 14.8. The molecule has 2 aromatic carbocycles. The van der Waals surface area contributed by atoms with Crippen LogP contribution in [-0.2, 0) is 11.3 Å². The van der Waals surface area contributed by atoms with Gasteiger partial charge in [-0.1, -0.05) is 18.2 Å². The van der Waals surface area contributed by atoms with Gasteiger partial charge < -0.3 is 26.0 Å². The summed E-state index contributed by atoms with van der Waals surface area (Å²) in [6.07, 6.45) is -0.170. The molecule has 1 unspecified atom stereocenters. The van der Waals surface area contributed by atoms with Gasteiger partial charge in [-0.2, -0.15) is 0 Å². The van der Waals surface area contributed by atoms with Gasteiger partial charge in [0.1, 0.15) is 0 Å². The first kappa shape index (κ1) is 25.2. The van der Waals surface area contributed by atoms with Crippen LogP contribution in [0.5, 0.6) is 0 Å². The van der Waals surface area contributed by atoms with Crippen molar-refractivity contribution < 1.29 is 19.5 Å². The maximum absolute atomic E-state index is 13.2. The lowest BCUT2D eigenvalue weighted by Crippen LogP contribution is -2.30. The van der Waals surface area contributed by atoms with Crippen molar-refractivity contribution in [2.24, 2.45) is 4.99 Å². The summed E-state index contributed by atoms with van der Waals surface area (Å²) in [7, 11) is 0. The first-order chi connectivity index (χ1) is 17.0. The number of amides is 2. The van der Waals surface area contributed by atoms with E-state index in [4.69, 9.17) is 0 Å². The summed E-state index contributed by atoms with van der Waals surface area (Å²) in [5.74, 6) is -0.841. The van der Waals surface area contributed by atoms with E-state index in [1.54, 1.807) is 41.3 Å². The molecule has 2 aliphatic rings. The summed E-state index contributed by atoms with van der Waals surface area (Å²) in [4.78, 5) is 44.3. The van der Waals surface area contributed by atoms with E-state index in [-0.39, 0.29) is 30.6 Å². The Labute approximate surface area is 217 Å². The van der Waals surface area contributed by atoms with Crippen molar-refractivity contribution in [1.82, 2.24) is 10.2 Å². The van der Waals surface area contributed by atoms with Crippen LogP contribution in [0.15, 0.2) is 65.0 Å². The smallest absolute Gasteiger partial charge is 0.305 e. The lowest BCUT2D eigenvalue weighted by Gasteiger charge is -2.25. The molecule has 0 bridgehead atoms. The molecule has 4 N–H and O–H groups in total. The monoisotopic (exact) mass is 525 g/mol. The molecule has 3 heterocycles. The molecule has 0 saturated carbocycles. The fourth-order valence-corrected chi connectivity index (χ4v) is 5.06. The zero-order valence-corrected chi connectivity index (χ0v) is 20.7. The Kier molecular flexibility index (Phi) is 7.56. The molecule has 0 saturated heterocycles. The van der Waals surface area contributed by atoms with Crippen molar-refractivity contribution in [2.75, 3.05) is 23.7 Å². The van der Waals surface area contributed by atoms with Crippen LogP contribution in [0.25, 0.3) is 0 Å². The minimum Gasteiger partial charge on any atom is -0.481 e. The summed E-state index contributed by atoms with van der Waals surface area (Å²) in [5.41, 5.74) is 2.96. The predicted octanol–water partition coefficient (Wildman–Crippen LogP) is 3.97. The highest BCUT2D eigenvalue weighted by Crippen LogP contribution is 2.36. The molecule has 186 valence electrons. The minimum absolute atomic E-state index is 0. The van der Waals surface area contributed by atoms with Crippen LogP contribution in [0.1, 0.15) is 43.6 Å². The number of carboxylic acids is 1. The van der Waals surface area contributed by atoms with Crippen LogP contribution < -0.4 is 16.0 Å². The molecular formula is C25H24ClN5O4S. The van der Waals surface area contributed by atoms with Crippen molar-refractivity contribution in [3.05, 3.63) is 81.5 Å². The molecule has 1 aromatic heterocycles. The molecular weight excluding hydrogens is 502 g/mol. The summed E-state index contributed by atoms with van der Waals surface area (Å²) < 4.78 is 0. The number of carbonyl (C=O) groups excluding carboxylic acids is 2. The van der Waals surface area contributed by atoms with Crippen LogP contribution in [0.4, 0.5) is 11.4 Å². The molecule has 36 heavy (non-hydrogen) atoms. The van der Waals surface area contributed by atoms with Crippen LogP contribution in [0, 0.1) is 0 Å². The fourth-order valence-electron chi connectivity index (χ4n) is 4.22. The second-order valence-electron chi connectivity index (χ2n) is 8.25. The minimum atomic E-state index is -0.965. The highest BCUT2D eigenvalue weighted by Gasteiger charge is 2.35. The van der Waals surface area contributed by atoms with Gasteiger partial charge in [0.05, 0.1) is 19.0 Å². The number of fused-ring (bicyclic) bond motifs is 1. The highest BCUT2D eigenvalue weighted by molar-refractivity contribution is 7.10. The number of nitrogens with one attached hydrogen (secondary N) is 3. The van der Waals surface area contributed by atoms with E-state index in [9.17, 15) is 19.5 Å². The molecule has 0 radical (unpaired) electrons. The van der Waals surface area contributed by atoms with Crippen LogP contribution in [0.3, 0.4) is 0 Å². The number of nitrogens with zero attached hydrogens (tertiary/aromatic N) is 2. The van der Waals surface area contributed by atoms with E-state index in [0.29, 0.717) is 35.9 Å². The molecule has 11 heteroatoms. The van der Waals surface area contributed by atoms with E-state index in [1.165, 1.54) is 11.3 Å². The number of rotatable bonds is 7. The van der Waals surface area contributed by atoms with Crippen LogP contribution >= 0.6 is 23.7 Å². The number of hydrogen-bond donors (Lipinski definition) is 4. The Morgan fingerprint density at radius 1 is 1.14 bits per heavy atom. The van der Waals surface area contributed by atoms with E-state index >= 15 is 0 Å². The second kappa shape index (κ2) is 10.8. The standard InChI is InChI=1S/C25H23N5O4S.ClH/c31-22(32)13-20(21-5-2-10-35-21)30-14-16-6-7-18(12-19(16)24(30)34)28-23(33)15-3-1-4-17(11-15)29-25-26-8-9-27-25;/h1-7,10-12,20H,8-9,13-14H2,(H,28,33)(H,31,32)(H2,26,27,29);1H. The molecule has 5 rings (SSSR count). The van der Waals surface area contributed by atoms with Crippen molar-refractivity contribution in [2.45, 2.75) is 19.0 Å². The van der Waals surface area contributed by atoms with Gasteiger partial charge >= 0.3 is 5.97 Å². The van der Waals surface area contributed by atoms with Gasteiger partial charge in [0.15, 0.2) is 5.96 Å². The number of hydrogen-bond acceptors (Lipinski definition) is 7. The Morgan fingerprint density at radius 3 is 2.72 bits per heavy atom. The number of aliphatic carboxylic acids is 1. The average Bonchev–Trinajstić information content (AvgIpc) is 3.61. The molecule has 2 amide bonds. The Hall–Kier alpha value is -3.89. The highest BCUT2D eigenvalue weighted by atomic mass is 35.5. The number of carbonyl (C=O) groups is 3. The van der Waals surface area contributed by atoms with E-state index in [2.05, 4.69) is 20.9 Å². The number of thiophene rings is 1. The molecule has 0 aliphatic carbocycles. The first-order valence-electron chi connectivity index (χ1n) is 11.1. The van der Waals surface area contributed by atoms with Gasteiger partial charge in [-0.3, -0.25) is 19.4 Å². The lowest BCUT2D eigenvalue weighted by atomic mass is 10.1. The van der Waals surface area contributed by atoms with Crippen LogP contribution in [0.2, 0.25) is 0 Å². The van der Waals surface area contributed by atoms with Gasteiger partial charge in [-0.15, -0.1) is 23.7 Å². The van der Waals surface area contributed by atoms with Crippen molar-refractivity contribution in [1.29, 1.82) is 0 Å². The number of carboxylic acid groups (broad SMARTS) is 1. The molecule has 9 nitrogen and oxygen atoms in total. The summed E-state index contributed by atoms with van der Waals surface area (Å²) in [6.45, 7) is 1.81. The largest absolute Gasteiger partial charge is 0.481 e. The van der Waals surface area contributed by atoms with E-state index < -0.39 is 12.0 Å². The third kappa shape index (κ3) is 5.34. The van der Waals surface area contributed by atoms with Gasteiger partial charge in [0.2, 0.25) is 0 Å². The zero-order chi connectivity index (χ0) is 24.4. The lowest BCUT2D eigenvalue weighted by molar-refractivity contribution is -0.138. The van der Waals surface area contributed by atoms with Crippen LogP contribution in [-0.4, -0.2) is 46.8 Å². The number of benzene rings is 2. The molecule has 1 atom stereocenters. The predicted molar refractivity (Wildman–Crippen MR) is 141 cm³/mol. The van der Waals surface area contributed by atoms with Gasteiger partial charge in [0, 0.05) is 40.5 Å². The van der Waals surface area contributed by atoms with E-state index in [1.807, 2.05) is 23.6 Å². The molecule has 0 fully saturated rings. The van der Waals surface area contributed by atoms with E-state index in [0.717, 1.165) is 22.7 Å². The van der Waals surface area contributed by atoms with Crippen molar-refractivity contribution in [3.8, 4) is 0 Å². The molecule has 3 aromatic rings. The quantitative estimate of drug-likeness (QED) is 0.370. The molecule has 2 aliphatic heterocycles. The number of guanidine groups is 1. The summed E-state index contributed by atoms with van der Waals surface area (Å²) in [6, 6.07) is 15.4. The number of anilines is 2. The summed E-state index contributed by atoms with van der Waals surface area (Å²) in [5, 5.41) is 20.4. The Bertz CT molecular complexity index is 1330. The third-order valence-electron chi connectivity index (χ3n) is 5.88. The second-order valence-corrected chi connectivity index (χ2v) is 9.23. The van der Waals surface area contributed by atoms with Crippen molar-refractivity contribution >= 4 is 58.9 Å². The topological polar surface area (TPSA) is 123 Å².